The number of carbonyl (C=O) groups is 1. The number of thiazole rings is 1. The van der Waals surface area contributed by atoms with Gasteiger partial charge in [0, 0.05) is 24.8 Å². The van der Waals surface area contributed by atoms with Crippen molar-refractivity contribution >= 4 is 22.6 Å². The first-order valence-electron chi connectivity index (χ1n) is 5.12. The van der Waals surface area contributed by atoms with Gasteiger partial charge >= 0.3 is 0 Å². The minimum atomic E-state index is 0.597. The molecule has 0 amide bonds. The molecule has 6 heteroatoms. The van der Waals surface area contributed by atoms with E-state index in [0.29, 0.717) is 5.69 Å². The van der Waals surface area contributed by atoms with Crippen LogP contribution in [0.4, 0.5) is 0 Å². The van der Waals surface area contributed by atoms with Crippen LogP contribution in [0.5, 0.6) is 0 Å². The summed E-state index contributed by atoms with van der Waals surface area (Å²) in [5, 5.41) is 1.97. The molecule has 17 heavy (non-hydrogen) atoms. The summed E-state index contributed by atoms with van der Waals surface area (Å²) in [7, 11) is 1.93. The van der Waals surface area contributed by atoms with E-state index >= 15 is 0 Å². The molecule has 5 nitrogen and oxygen atoms in total. The standard InChI is InChI=1S/C11H10N4OS/c1-7-8(5-16)15-9(6-17-11(15)13-7)10-12-3-4-14(10)2/h3-6H,1-2H3. The Morgan fingerprint density at radius 2 is 2.29 bits per heavy atom. The average molecular weight is 246 g/mol. The Hall–Kier alpha value is -1.95. The van der Waals surface area contributed by atoms with Gasteiger partial charge in [-0.25, -0.2) is 9.97 Å². The molecule has 0 N–H and O–H groups in total. The van der Waals surface area contributed by atoms with Crippen LogP contribution in [0.3, 0.4) is 0 Å². The maximum absolute atomic E-state index is 11.1. The van der Waals surface area contributed by atoms with Crippen LogP contribution in [-0.2, 0) is 7.05 Å². The molecule has 0 aliphatic carbocycles. The van der Waals surface area contributed by atoms with Crippen molar-refractivity contribution in [2.75, 3.05) is 0 Å². The van der Waals surface area contributed by atoms with Crippen molar-refractivity contribution < 1.29 is 4.79 Å². The van der Waals surface area contributed by atoms with E-state index in [9.17, 15) is 4.79 Å². The lowest BCUT2D eigenvalue weighted by Gasteiger charge is -2.01. The van der Waals surface area contributed by atoms with Crippen LogP contribution >= 0.6 is 11.3 Å². The number of imidazole rings is 2. The fourth-order valence-electron chi connectivity index (χ4n) is 1.89. The van der Waals surface area contributed by atoms with Gasteiger partial charge < -0.3 is 4.57 Å². The second-order valence-corrected chi connectivity index (χ2v) is 4.64. The second-order valence-electron chi connectivity index (χ2n) is 3.80. The van der Waals surface area contributed by atoms with E-state index in [1.165, 1.54) is 11.3 Å². The highest BCUT2D eigenvalue weighted by molar-refractivity contribution is 7.15. The number of nitrogens with zero attached hydrogens (tertiary/aromatic N) is 4. The molecule has 0 aliphatic rings. The minimum absolute atomic E-state index is 0.597. The molecule has 0 saturated carbocycles. The van der Waals surface area contributed by atoms with Crippen molar-refractivity contribution in [2.45, 2.75) is 6.92 Å². The van der Waals surface area contributed by atoms with Crippen molar-refractivity contribution in [3.05, 3.63) is 29.2 Å². The molecule has 0 atom stereocenters. The molecule has 0 saturated heterocycles. The first-order chi connectivity index (χ1) is 8.22. The quantitative estimate of drug-likeness (QED) is 0.649. The largest absolute Gasteiger partial charge is 0.333 e. The van der Waals surface area contributed by atoms with E-state index in [1.807, 2.05) is 34.5 Å². The summed E-state index contributed by atoms with van der Waals surface area (Å²) < 4.78 is 3.78. The zero-order valence-electron chi connectivity index (χ0n) is 9.41. The molecule has 3 aromatic heterocycles. The van der Waals surface area contributed by atoms with Crippen LogP contribution in [0.2, 0.25) is 0 Å². The Kier molecular flexibility index (Phi) is 2.12. The Bertz CT molecular complexity index is 706. The highest BCUT2D eigenvalue weighted by Crippen LogP contribution is 2.26. The number of hydrogen-bond donors (Lipinski definition) is 0. The highest BCUT2D eigenvalue weighted by Gasteiger charge is 2.16. The third kappa shape index (κ3) is 1.34. The predicted molar refractivity (Wildman–Crippen MR) is 65.4 cm³/mol. The summed E-state index contributed by atoms with van der Waals surface area (Å²) in [6, 6.07) is 0. The van der Waals surface area contributed by atoms with E-state index in [1.54, 1.807) is 6.20 Å². The molecule has 0 bridgehead atoms. The van der Waals surface area contributed by atoms with Gasteiger partial charge in [-0.2, -0.15) is 0 Å². The predicted octanol–water partition coefficient (Wildman–Crippen LogP) is 1.92. The number of rotatable bonds is 2. The minimum Gasteiger partial charge on any atom is -0.333 e. The van der Waals surface area contributed by atoms with Gasteiger partial charge in [0.25, 0.3) is 0 Å². The second kappa shape index (κ2) is 3.53. The lowest BCUT2D eigenvalue weighted by molar-refractivity contribution is 0.111. The zero-order chi connectivity index (χ0) is 12.0. The van der Waals surface area contributed by atoms with Crippen LogP contribution in [0.15, 0.2) is 17.8 Å². The number of carbonyl (C=O) groups excluding carboxylic acids is 1. The Labute approximate surface area is 101 Å². The summed E-state index contributed by atoms with van der Waals surface area (Å²) in [6.45, 7) is 1.84. The molecule has 0 aliphatic heterocycles. The topological polar surface area (TPSA) is 52.2 Å². The summed E-state index contributed by atoms with van der Waals surface area (Å²) in [6.07, 6.45) is 4.46. The Balaban J connectivity index is 2.38. The Morgan fingerprint density at radius 1 is 1.47 bits per heavy atom. The molecule has 3 rings (SSSR count). The van der Waals surface area contributed by atoms with Crippen molar-refractivity contribution in [1.29, 1.82) is 0 Å². The van der Waals surface area contributed by atoms with Crippen molar-refractivity contribution in [3.8, 4) is 11.5 Å². The lowest BCUT2D eigenvalue weighted by atomic mass is 10.3. The van der Waals surface area contributed by atoms with Gasteiger partial charge in [0.2, 0.25) is 0 Å². The first-order valence-corrected chi connectivity index (χ1v) is 5.99. The summed E-state index contributed by atoms with van der Waals surface area (Å²) in [4.78, 5) is 20.6. The smallest absolute Gasteiger partial charge is 0.195 e. The molecular weight excluding hydrogens is 236 g/mol. The number of fused-ring (bicyclic) bond motifs is 1. The lowest BCUT2D eigenvalue weighted by Crippen LogP contribution is -1.98. The van der Waals surface area contributed by atoms with E-state index < -0.39 is 0 Å². The SMILES string of the molecule is Cc1nc2scc(-c3nccn3C)n2c1C=O. The van der Waals surface area contributed by atoms with Gasteiger partial charge in [0.1, 0.15) is 11.4 Å². The van der Waals surface area contributed by atoms with Crippen LogP contribution in [0, 0.1) is 6.92 Å². The maximum Gasteiger partial charge on any atom is 0.195 e. The van der Waals surface area contributed by atoms with Crippen LogP contribution < -0.4 is 0 Å². The van der Waals surface area contributed by atoms with E-state index in [-0.39, 0.29) is 0 Å². The molecule has 86 valence electrons. The van der Waals surface area contributed by atoms with E-state index in [0.717, 1.165) is 28.5 Å². The van der Waals surface area contributed by atoms with Gasteiger partial charge in [-0.15, -0.1) is 11.3 Å². The summed E-state index contributed by atoms with van der Waals surface area (Å²) >= 11 is 1.51. The van der Waals surface area contributed by atoms with E-state index in [2.05, 4.69) is 9.97 Å². The van der Waals surface area contributed by atoms with Gasteiger partial charge in [-0.1, -0.05) is 0 Å². The average Bonchev–Trinajstić information content (AvgIpc) is 2.93. The van der Waals surface area contributed by atoms with Crippen molar-refractivity contribution in [1.82, 2.24) is 18.9 Å². The number of aryl methyl sites for hydroxylation is 2. The fourth-order valence-corrected chi connectivity index (χ4v) is 2.81. The molecule has 3 heterocycles. The molecule has 0 spiro atoms. The number of aromatic nitrogens is 4. The van der Waals surface area contributed by atoms with Gasteiger partial charge in [-0.3, -0.25) is 9.20 Å². The summed E-state index contributed by atoms with van der Waals surface area (Å²) in [5.74, 6) is 0.830. The van der Waals surface area contributed by atoms with Crippen molar-refractivity contribution in [2.24, 2.45) is 7.05 Å². The highest BCUT2D eigenvalue weighted by atomic mass is 32.1. The van der Waals surface area contributed by atoms with Crippen LogP contribution in [0.25, 0.3) is 16.5 Å². The van der Waals surface area contributed by atoms with Gasteiger partial charge in [-0.05, 0) is 6.92 Å². The first kappa shape index (κ1) is 10.2. The maximum atomic E-state index is 11.1. The molecular formula is C11H10N4OS. The zero-order valence-corrected chi connectivity index (χ0v) is 10.2. The third-order valence-corrected chi connectivity index (χ3v) is 3.57. The summed E-state index contributed by atoms with van der Waals surface area (Å²) in [5.41, 5.74) is 2.25. The van der Waals surface area contributed by atoms with Crippen LogP contribution in [0.1, 0.15) is 16.2 Å². The molecule has 0 fully saturated rings. The van der Waals surface area contributed by atoms with Crippen LogP contribution in [-0.4, -0.2) is 25.2 Å². The molecule has 0 aromatic carbocycles. The van der Waals surface area contributed by atoms with E-state index in [4.69, 9.17) is 0 Å². The molecule has 3 aromatic rings. The Morgan fingerprint density at radius 3 is 2.94 bits per heavy atom. The third-order valence-electron chi connectivity index (χ3n) is 2.75. The normalized spacial score (nSPS) is 11.2. The molecule has 0 radical (unpaired) electrons. The number of aldehydes is 1. The fraction of sp³-hybridized carbons (Fsp3) is 0.182. The number of hydrogen-bond acceptors (Lipinski definition) is 4. The monoisotopic (exact) mass is 246 g/mol. The van der Waals surface area contributed by atoms with Crippen molar-refractivity contribution in [3.63, 3.8) is 0 Å². The van der Waals surface area contributed by atoms with Gasteiger partial charge in [0.05, 0.1) is 5.69 Å². The molecule has 0 unspecified atom stereocenters. The van der Waals surface area contributed by atoms with Gasteiger partial charge in [0.15, 0.2) is 17.1 Å².